The van der Waals surface area contributed by atoms with E-state index < -0.39 is 6.15 Å². The van der Waals surface area contributed by atoms with Crippen LogP contribution >= 0.6 is 0 Å². The summed E-state index contributed by atoms with van der Waals surface area (Å²) in [6, 6.07) is 42.0. The largest absolute Gasteiger partial charge is 0.192 e. The van der Waals surface area contributed by atoms with E-state index in [-0.39, 0.29) is 0 Å². The van der Waals surface area contributed by atoms with Crippen molar-refractivity contribution in [2.75, 3.05) is 0 Å². The molecule has 6 aromatic carbocycles. The molecule has 0 aliphatic rings. The zero-order chi connectivity index (χ0) is 29.1. The summed E-state index contributed by atoms with van der Waals surface area (Å²) in [7, 11) is 0. The van der Waals surface area contributed by atoms with E-state index in [0.717, 1.165) is 6.32 Å². The highest BCUT2D eigenvalue weighted by Gasteiger charge is 2.33. The van der Waals surface area contributed by atoms with Crippen molar-refractivity contribution in [3.63, 3.8) is 0 Å². The Morgan fingerprint density at radius 2 is 0.714 bits per heavy atom. The predicted molar refractivity (Wildman–Crippen MR) is 189 cm³/mol. The smallest absolute Gasteiger partial charge is 0.0837 e. The van der Waals surface area contributed by atoms with Crippen molar-refractivity contribution in [3.05, 3.63) is 126 Å². The molecular formula is C41H44B-. The first kappa shape index (κ1) is 28.3. The Bertz CT molecular complexity index is 1660. The number of hydrogen-bond acceptors (Lipinski definition) is 0. The second-order valence-corrected chi connectivity index (χ2v) is 12.7. The van der Waals surface area contributed by atoms with Crippen LogP contribution < -0.4 is 16.4 Å². The van der Waals surface area contributed by atoms with Gasteiger partial charge in [0.05, 0.1) is 6.15 Å². The minimum atomic E-state index is -1.32. The fourth-order valence-corrected chi connectivity index (χ4v) is 7.91. The van der Waals surface area contributed by atoms with E-state index in [1.807, 2.05) is 0 Å². The lowest BCUT2D eigenvalue weighted by Gasteiger charge is -2.46. The van der Waals surface area contributed by atoms with E-state index in [9.17, 15) is 0 Å². The Hall–Kier alpha value is -3.84. The first-order valence-corrected chi connectivity index (χ1v) is 16.2. The summed E-state index contributed by atoms with van der Waals surface area (Å²) >= 11 is 0. The molecule has 0 saturated heterocycles. The van der Waals surface area contributed by atoms with Gasteiger partial charge in [-0.05, 0) is 53.6 Å². The van der Waals surface area contributed by atoms with Gasteiger partial charge in [0.2, 0.25) is 0 Å². The van der Waals surface area contributed by atoms with Gasteiger partial charge >= 0.3 is 0 Å². The lowest BCUT2D eigenvalue weighted by molar-refractivity contribution is 0.623. The molecule has 0 heterocycles. The van der Waals surface area contributed by atoms with Crippen LogP contribution in [0.3, 0.4) is 0 Å². The molecule has 1 heteroatoms. The first-order chi connectivity index (χ1) is 20.6. The average Bonchev–Trinajstić information content (AvgIpc) is 3.03. The maximum atomic E-state index is 2.48. The number of fused-ring (bicyclic) bond motifs is 3. The van der Waals surface area contributed by atoms with Crippen LogP contribution in [-0.4, -0.2) is 6.15 Å². The van der Waals surface area contributed by atoms with Crippen LogP contribution in [0.5, 0.6) is 0 Å². The minimum Gasteiger partial charge on any atom is -0.192 e. The molecule has 0 fully saturated rings. The molecule has 0 aliphatic carbocycles. The van der Waals surface area contributed by atoms with Crippen molar-refractivity contribution in [2.45, 2.75) is 72.5 Å². The molecule has 0 aliphatic heterocycles. The predicted octanol–water partition coefficient (Wildman–Crippen LogP) is 9.90. The normalized spacial score (nSPS) is 12.0. The number of unbranched alkanes of at least 4 members (excludes halogenated alkanes) is 5. The van der Waals surface area contributed by atoms with Gasteiger partial charge in [0, 0.05) is 0 Å². The van der Waals surface area contributed by atoms with Crippen LogP contribution in [0.25, 0.3) is 32.3 Å². The molecule has 0 spiro atoms. The van der Waals surface area contributed by atoms with Gasteiger partial charge in [-0.15, -0.1) is 0 Å². The lowest BCUT2D eigenvalue weighted by atomic mass is 9.13. The minimum absolute atomic E-state index is 1.14. The van der Waals surface area contributed by atoms with Crippen LogP contribution in [0.4, 0.5) is 0 Å². The highest BCUT2D eigenvalue weighted by molar-refractivity contribution is 7.14. The van der Waals surface area contributed by atoms with Crippen molar-refractivity contribution in [1.82, 2.24) is 0 Å². The Kier molecular flexibility index (Phi) is 8.21. The van der Waals surface area contributed by atoms with Crippen LogP contribution in [0.15, 0.2) is 109 Å². The maximum absolute atomic E-state index is 2.48. The Labute approximate surface area is 252 Å². The average molecular weight is 548 g/mol. The van der Waals surface area contributed by atoms with Gasteiger partial charge < -0.3 is 0 Å². The van der Waals surface area contributed by atoms with Gasteiger partial charge in [-0.25, -0.2) is 0 Å². The number of rotatable bonds is 10. The van der Waals surface area contributed by atoms with Gasteiger partial charge in [0.15, 0.2) is 0 Å². The lowest BCUT2D eigenvalue weighted by Crippen LogP contribution is -2.67. The summed E-state index contributed by atoms with van der Waals surface area (Å²) in [6.07, 6.45) is 7.60. The van der Waals surface area contributed by atoms with Crippen molar-refractivity contribution in [2.24, 2.45) is 0 Å². The molecule has 0 nitrogen and oxygen atoms in total. The molecule has 0 amide bonds. The Morgan fingerprint density at radius 3 is 1.10 bits per heavy atom. The quantitative estimate of drug-likeness (QED) is 0.118. The molecule has 0 atom stereocenters. The summed E-state index contributed by atoms with van der Waals surface area (Å²) in [5.41, 5.74) is 8.52. The molecule has 6 rings (SSSR count). The van der Waals surface area contributed by atoms with Crippen molar-refractivity contribution < 1.29 is 0 Å². The zero-order valence-electron chi connectivity index (χ0n) is 25.9. The molecule has 0 bridgehead atoms. The maximum Gasteiger partial charge on any atom is 0.0837 e. The van der Waals surface area contributed by atoms with Crippen LogP contribution in [0.1, 0.15) is 62.1 Å². The van der Waals surface area contributed by atoms with Gasteiger partial charge in [-0.2, -0.15) is 22.7 Å². The fraction of sp³-hybridized carbons (Fsp3) is 0.268. The first-order valence-electron chi connectivity index (χ1n) is 16.2. The van der Waals surface area contributed by atoms with Crippen LogP contribution in [0.2, 0.25) is 6.32 Å². The highest BCUT2D eigenvalue weighted by atomic mass is 14.2. The van der Waals surface area contributed by atoms with E-state index in [0.29, 0.717) is 0 Å². The van der Waals surface area contributed by atoms with Crippen molar-refractivity contribution in [3.8, 4) is 0 Å². The number of hydrogen-bond donors (Lipinski definition) is 0. The summed E-state index contributed by atoms with van der Waals surface area (Å²) in [6.45, 7) is 9.09. The van der Waals surface area contributed by atoms with E-state index >= 15 is 0 Å². The Morgan fingerprint density at radius 1 is 0.381 bits per heavy atom. The summed E-state index contributed by atoms with van der Waals surface area (Å²) in [5.74, 6) is 0. The van der Waals surface area contributed by atoms with Crippen LogP contribution in [-0.2, 0) is 0 Å². The molecule has 212 valence electrons. The van der Waals surface area contributed by atoms with Crippen molar-refractivity contribution >= 4 is 54.9 Å². The summed E-state index contributed by atoms with van der Waals surface area (Å²) < 4.78 is 0. The second-order valence-electron chi connectivity index (χ2n) is 12.7. The SMILES string of the molecule is CCCCCCCC[B-](c1ccc(C)c2ccccc12)(c1ccc(C)c2ccccc12)c1ccc(C)c2ccccc12. The standard InChI is InChI=1S/C41H44B/c1-5-6-7-8-9-16-29-42(39-26-23-30(2)33-17-10-13-20-36(33)39,40-27-24-31(3)34-18-11-14-21-37(34)40)41-28-25-32(4)35-19-12-15-22-38(35)41/h10-15,17-28H,5-9,16,29H2,1-4H3/q-1. The number of benzene rings is 6. The van der Waals surface area contributed by atoms with Gasteiger partial charge in [0.1, 0.15) is 0 Å². The second kappa shape index (κ2) is 12.2. The third-order valence-corrected chi connectivity index (χ3v) is 10.1. The Balaban J connectivity index is 1.73. The van der Waals surface area contributed by atoms with E-state index in [2.05, 4.69) is 137 Å². The monoisotopic (exact) mass is 547 g/mol. The fourth-order valence-electron chi connectivity index (χ4n) is 7.91. The van der Waals surface area contributed by atoms with E-state index in [1.165, 1.54) is 104 Å². The van der Waals surface area contributed by atoms with Gasteiger partial charge in [-0.3, -0.25) is 0 Å². The molecule has 0 saturated carbocycles. The van der Waals surface area contributed by atoms with Crippen LogP contribution in [0, 0.1) is 20.8 Å². The molecule has 6 aromatic rings. The van der Waals surface area contributed by atoms with Gasteiger partial charge in [0.25, 0.3) is 0 Å². The third-order valence-electron chi connectivity index (χ3n) is 10.1. The summed E-state index contributed by atoms with van der Waals surface area (Å²) in [5, 5.41) is 8.32. The van der Waals surface area contributed by atoms with Gasteiger partial charge in [-0.1, -0.05) is 171 Å². The van der Waals surface area contributed by atoms with E-state index in [4.69, 9.17) is 0 Å². The van der Waals surface area contributed by atoms with Crippen molar-refractivity contribution in [1.29, 1.82) is 0 Å². The molecular weight excluding hydrogens is 503 g/mol. The highest BCUT2D eigenvalue weighted by Crippen LogP contribution is 2.30. The molecule has 0 unspecified atom stereocenters. The zero-order valence-corrected chi connectivity index (χ0v) is 25.9. The molecule has 42 heavy (non-hydrogen) atoms. The van der Waals surface area contributed by atoms with E-state index in [1.54, 1.807) is 0 Å². The summed E-state index contributed by atoms with van der Waals surface area (Å²) in [4.78, 5) is 0. The third kappa shape index (κ3) is 4.94. The molecule has 0 N–H and O–H groups in total. The topological polar surface area (TPSA) is 0 Å². The molecule has 0 aromatic heterocycles. The number of aryl methyl sites for hydroxylation is 3. The molecule has 0 radical (unpaired) electrons.